The Kier molecular flexibility index (Phi) is 6.50. The molecule has 1 rings (SSSR count). The van der Waals surface area contributed by atoms with Crippen LogP contribution in [0.3, 0.4) is 0 Å². The summed E-state index contributed by atoms with van der Waals surface area (Å²) in [6, 6.07) is 0.635. The molecule has 0 bridgehead atoms. The van der Waals surface area contributed by atoms with E-state index in [2.05, 4.69) is 40.1 Å². The Balaban J connectivity index is 2.47. The molecular formula is C15H31NO. The van der Waals surface area contributed by atoms with E-state index in [1.54, 1.807) is 0 Å². The Morgan fingerprint density at radius 3 is 2.47 bits per heavy atom. The van der Waals surface area contributed by atoms with E-state index in [-0.39, 0.29) is 0 Å². The average molecular weight is 241 g/mol. The second-order valence-electron chi connectivity index (χ2n) is 6.14. The van der Waals surface area contributed by atoms with E-state index in [0.29, 0.717) is 12.1 Å². The van der Waals surface area contributed by atoms with E-state index in [4.69, 9.17) is 4.74 Å². The molecule has 2 heteroatoms. The van der Waals surface area contributed by atoms with Crippen molar-refractivity contribution in [2.45, 2.75) is 65.5 Å². The molecule has 4 atom stereocenters. The molecule has 0 spiro atoms. The second-order valence-corrected chi connectivity index (χ2v) is 6.14. The fourth-order valence-corrected chi connectivity index (χ4v) is 3.39. The smallest absolute Gasteiger partial charge is 0.0616 e. The summed E-state index contributed by atoms with van der Waals surface area (Å²) in [5.41, 5.74) is 0. The molecule has 1 heterocycles. The van der Waals surface area contributed by atoms with Crippen LogP contribution in [0.5, 0.6) is 0 Å². The second kappa shape index (κ2) is 7.38. The van der Waals surface area contributed by atoms with Gasteiger partial charge in [-0.3, -0.25) is 0 Å². The van der Waals surface area contributed by atoms with Gasteiger partial charge in [0.15, 0.2) is 0 Å². The first-order valence-corrected chi connectivity index (χ1v) is 7.37. The first-order chi connectivity index (χ1) is 8.08. The number of ether oxygens (including phenoxy) is 1. The van der Waals surface area contributed by atoms with Crippen LogP contribution in [0.25, 0.3) is 0 Å². The van der Waals surface area contributed by atoms with Gasteiger partial charge in [-0.25, -0.2) is 0 Å². The van der Waals surface area contributed by atoms with Crippen molar-refractivity contribution in [2.24, 2.45) is 17.8 Å². The van der Waals surface area contributed by atoms with E-state index >= 15 is 0 Å². The van der Waals surface area contributed by atoms with Gasteiger partial charge >= 0.3 is 0 Å². The Hall–Kier alpha value is -0.0800. The first-order valence-electron chi connectivity index (χ1n) is 7.37. The lowest BCUT2D eigenvalue weighted by Crippen LogP contribution is -2.39. The molecule has 17 heavy (non-hydrogen) atoms. The largest absolute Gasteiger partial charge is 0.378 e. The van der Waals surface area contributed by atoms with Crippen LogP contribution < -0.4 is 5.32 Å². The van der Waals surface area contributed by atoms with Gasteiger partial charge in [0, 0.05) is 18.6 Å². The van der Waals surface area contributed by atoms with Crippen LogP contribution in [0.1, 0.15) is 53.4 Å². The Labute approximate surface area is 108 Å². The molecule has 0 aromatic heterocycles. The monoisotopic (exact) mass is 241 g/mol. The molecule has 0 aliphatic carbocycles. The van der Waals surface area contributed by atoms with Gasteiger partial charge < -0.3 is 10.1 Å². The molecule has 4 unspecified atom stereocenters. The lowest BCUT2D eigenvalue weighted by molar-refractivity contribution is 0.0751. The van der Waals surface area contributed by atoms with Gasteiger partial charge in [-0.2, -0.15) is 0 Å². The lowest BCUT2D eigenvalue weighted by atomic mass is 9.83. The molecule has 0 amide bonds. The standard InChI is InChI=1S/C15H31NO/c1-6-15-13(7-8-17-15)14(16-5)10-12(4)9-11(2)3/h11-16H,6-10H2,1-5H3. The van der Waals surface area contributed by atoms with Gasteiger partial charge in [0.25, 0.3) is 0 Å². The average Bonchev–Trinajstić information content (AvgIpc) is 2.72. The molecule has 1 aliphatic rings. The fourth-order valence-electron chi connectivity index (χ4n) is 3.39. The zero-order valence-corrected chi connectivity index (χ0v) is 12.3. The molecule has 0 radical (unpaired) electrons. The van der Waals surface area contributed by atoms with Gasteiger partial charge in [0.05, 0.1) is 6.10 Å². The molecule has 102 valence electrons. The van der Waals surface area contributed by atoms with E-state index in [1.807, 2.05) is 0 Å². The highest BCUT2D eigenvalue weighted by molar-refractivity contribution is 4.86. The molecule has 1 fully saturated rings. The zero-order chi connectivity index (χ0) is 12.8. The van der Waals surface area contributed by atoms with Crippen molar-refractivity contribution in [3.05, 3.63) is 0 Å². The topological polar surface area (TPSA) is 21.3 Å². The zero-order valence-electron chi connectivity index (χ0n) is 12.3. The third-order valence-corrected chi connectivity index (χ3v) is 4.08. The minimum atomic E-state index is 0.485. The number of hydrogen-bond acceptors (Lipinski definition) is 2. The minimum Gasteiger partial charge on any atom is -0.378 e. The summed E-state index contributed by atoms with van der Waals surface area (Å²) in [6.45, 7) is 10.2. The van der Waals surface area contributed by atoms with Gasteiger partial charge in [0.1, 0.15) is 0 Å². The molecule has 0 saturated carbocycles. The van der Waals surface area contributed by atoms with Crippen LogP contribution in [-0.4, -0.2) is 25.8 Å². The molecule has 2 nitrogen and oxygen atoms in total. The van der Waals surface area contributed by atoms with Gasteiger partial charge in [-0.05, 0) is 44.6 Å². The molecular weight excluding hydrogens is 210 g/mol. The quantitative estimate of drug-likeness (QED) is 0.737. The molecule has 0 aromatic carbocycles. The Morgan fingerprint density at radius 1 is 1.24 bits per heavy atom. The summed E-state index contributed by atoms with van der Waals surface area (Å²) in [6.07, 6.45) is 5.50. The molecule has 1 N–H and O–H groups in total. The van der Waals surface area contributed by atoms with Crippen molar-refractivity contribution in [3.63, 3.8) is 0 Å². The van der Waals surface area contributed by atoms with E-state index in [9.17, 15) is 0 Å². The summed E-state index contributed by atoms with van der Waals surface area (Å²) < 4.78 is 5.82. The predicted octanol–water partition coefficient (Wildman–Crippen LogP) is 3.46. The highest BCUT2D eigenvalue weighted by atomic mass is 16.5. The van der Waals surface area contributed by atoms with Crippen LogP contribution >= 0.6 is 0 Å². The van der Waals surface area contributed by atoms with Crippen molar-refractivity contribution in [3.8, 4) is 0 Å². The third-order valence-electron chi connectivity index (χ3n) is 4.08. The maximum Gasteiger partial charge on any atom is 0.0616 e. The van der Waals surface area contributed by atoms with Crippen molar-refractivity contribution in [1.29, 1.82) is 0 Å². The highest BCUT2D eigenvalue weighted by Gasteiger charge is 2.33. The maximum absolute atomic E-state index is 5.82. The summed E-state index contributed by atoms with van der Waals surface area (Å²) >= 11 is 0. The van der Waals surface area contributed by atoms with Crippen LogP contribution in [0.2, 0.25) is 0 Å². The van der Waals surface area contributed by atoms with Crippen molar-refractivity contribution >= 4 is 0 Å². The molecule has 1 aliphatic heterocycles. The predicted molar refractivity (Wildman–Crippen MR) is 74.2 cm³/mol. The normalized spacial score (nSPS) is 28.6. The first kappa shape index (κ1) is 15.0. The van der Waals surface area contributed by atoms with Crippen LogP contribution in [0.15, 0.2) is 0 Å². The number of nitrogens with one attached hydrogen (secondary N) is 1. The molecule has 0 aromatic rings. The van der Waals surface area contributed by atoms with Crippen molar-refractivity contribution in [2.75, 3.05) is 13.7 Å². The maximum atomic E-state index is 5.82. The van der Waals surface area contributed by atoms with Crippen LogP contribution in [-0.2, 0) is 4.74 Å². The number of hydrogen-bond donors (Lipinski definition) is 1. The third kappa shape index (κ3) is 4.59. The van der Waals surface area contributed by atoms with E-state index in [0.717, 1.165) is 30.8 Å². The summed E-state index contributed by atoms with van der Waals surface area (Å²) in [4.78, 5) is 0. The summed E-state index contributed by atoms with van der Waals surface area (Å²) in [5, 5.41) is 3.53. The summed E-state index contributed by atoms with van der Waals surface area (Å²) in [7, 11) is 2.11. The van der Waals surface area contributed by atoms with Crippen molar-refractivity contribution in [1.82, 2.24) is 5.32 Å². The van der Waals surface area contributed by atoms with E-state index < -0.39 is 0 Å². The van der Waals surface area contributed by atoms with Gasteiger partial charge in [-0.1, -0.05) is 27.7 Å². The van der Waals surface area contributed by atoms with E-state index in [1.165, 1.54) is 19.3 Å². The fraction of sp³-hybridized carbons (Fsp3) is 1.00. The minimum absolute atomic E-state index is 0.485. The Bertz CT molecular complexity index is 205. The van der Waals surface area contributed by atoms with Gasteiger partial charge in [0.2, 0.25) is 0 Å². The highest BCUT2D eigenvalue weighted by Crippen LogP contribution is 2.30. The summed E-state index contributed by atoms with van der Waals surface area (Å²) in [5.74, 6) is 2.34. The van der Waals surface area contributed by atoms with Gasteiger partial charge in [-0.15, -0.1) is 0 Å². The SMILES string of the molecule is CCC1OCCC1C(CC(C)CC(C)C)NC. The molecule has 1 saturated heterocycles. The van der Waals surface area contributed by atoms with Crippen molar-refractivity contribution < 1.29 is 4.74 Å². The lowest BCUT2D eigenvalue weighted by Gasteiger charge is -2.29. The Morgan fingerprint density at radius 2 is 1.94 bits per heavy atom. The van der Waals surface area contributed by atoms with Crippen LogP contribution in [0.4, 0.5) is 0 Å². The number of rotatable bonds is 7. The van der Waals surface area contributed by atoms with Crippen LogP contribution in [0, 0.1) is 17.8 Å².